The minimum atomic E-state index is -4.47. The number of hydrogen-bond acceptors (Lipinski definition) is 3. The maximum atomic E-state index is 13.2. The van der Waals surface area contributed by atoms with Crippen LogP contribution in [0.15, 0.2) is 42.6 Å². The van der Waals surface area contributed by atoms with Crippen molar-refractivity contribution in [2.24, 2.45) is 5.92 Å². The lowest BCUT2D eigenvalue weighted by Gasteiger charge is -2.35. The lowest BCUT2D eigenvalue weighted by Crippen LogP contribution is -2.43. The van der Waals surface area contributed by atoms with E-state index in [0.29, 0.717) is 44.3 Å². The van der Waals surface area contributed by atoms with Gasteiger partial charge in [-0.3, -0.25) is 4.79 Å². The molecule has 4 nitrogen and oxygen atoms in total. The Bertz CT molecular complexity index is 894. The summed E-state index contributed by atoms with van der Waals surface area (Å²) >= 11 is 6.08. The average molecular weight is 438 g/mol. The van der Waals surface area contributed by atoms with Gasteiger partial charge in [0.15, 0.2) is 0 Å². The second-order valence-corrected chi connectivity index (χ2v) is 8.38. The quantitative estimate of drug-likeness (QED) is 0.648. The molecule has 2 heterocycles. The summed E-state index contributed by atoms with van der Waals surface area (Å²) in [4.78, 5) is 21.0. The zero-order valence-electron chi connectivity index (χ0n) is 16.4. The Balaban J connectivity index is 1.39. The molecule has 0 atom stereocenters. The van der Waals surface area contributed by atoms with Crippen LogP contribution in [0.5, 0.6) is 0 Å². The molecule has 1 amide bonds. The van der Waals surface area contributed by atoms with Gasteiger partial charge in [0.2, 0.25) is 5.91 Å². The van der Waals surface area contributed by atoms with Crippen LogP contribution in [-0.4, -0.2) is 34.9 Å². The van der Waals surface area contributed by atoms with Gasteiger partial charge in [-0.15, -0.1) is 0 Å². The first kappa shape index (κ1) is 21.0. The van der Waals surface area contributed by atoms with E-state index in [4.69, 9.17) is 11.6 Å². The molecule has 1 aromatic carbocycles. The normalized spacial score (nSPS) is 17.8. The second-order valence-electron chi connectivity index (χ2n) is 7.97. The SMILES string of the molecule is O=C(C1CCN(c2ncc(C(F)(F)F)cc2Cl)CC1)N(Cc1ccccc1)C1CC1. The molecule has 1 saturated carbocycles. The van der Waals surface area contributed by atoms with Crippen molar-refractivity contribution < 1.29 is 18.0 Å². The lowest BCUT2D eigenvalue weighted by atomic mass is 9.94. The van der Waals surface area contributed by atoms with Gasteiger partial charge in [-0.25, -0.2) is 4.98 Å². The Labute approximate surface area is 178 Å². The van der Waals surface area contributed by atoms with Crippen molar-refractivity contribution in [2.75, 3.05) is 18.0 Å². The van der Waals surface area contributed by atoms with E-state index in [1.165, 1.54) is 0 Å². The molecule has 2 aliphatic rings. The summed E-state index contributed by atoms with van der Waals surface area (Å²) in [7, 11) is 0. The fraction of sp³-hybridized carbons (Fsp3) is 0.455. The second kappa shape index (κ2) is 8.46. The van der Waals surface area contributed by atoms with E-state index >= 15 is 0 Å². The first-order valence-electron chi connectivity index (χ1n) is 10.1. The first-order valence-corrected chi connectivity index (χ1v) is 10.5. The molecule has 2 fully saturated rings. The van der Waals surface area contributed by atoms with Crippen molar-refractivity contribution in [1.29, 1.82) is 0 Å². The number of halogens is 4. The van der Waals surface area contributed by atoms with E-state index < -0.39 is 11.7 Å². The monoisotopic (exact) mass is 437 g/mol. The van der Waals surface area contributed by atoms with Crippen LogP contribution in [0.2, 0.25) is 5.02 Å². The summed E-state index contributed by atoms with van der Waals surface area (Å²) in [5.41, 5.74) is 0.262. The Morgan fingerprint density at radius 2 is 1.80 bits per heavy atom. The molecule has 0 spiro atoms. The molecule has 0 unspecified atom stereocenters. The number of hydrogen-bond donors (Lipinski definition) is 0. The van der Waals surface area contributed by atoms with Crippen LogP contribution in [0.25, 0.3) is 0 Å². The maximum absolute atomic E-state index is 13.2. The van der Waals surface area contributed by atoms with Gasteiger partial charge in [-0.1, -0.05) is 41.9 Å². The molecular weight excluding hydrogens is 415 g/mol. The van der Waals surface area contributed by atoms with Crippen LogP contribution in [0, 0.1) is 5.92 Å². The number of piperidine rings is 1. The summed E-state index contributed by atoms with van der Waals surface area (Å²) in [5, 5.41) is -0.0155. The Hall–Kier alpha value is -2.28. The van der Waals surface area contributed by atoms with Crippen molar-refractivity contribution in [2.45, 2.75) is 44.4 Å². The van der Waals surface area contributed by atoms with Crippen LogP contribution in [0.4, 0.5) is 19.0 Å². The molecule has 1 saturated heterocycles. The topological polar surface area (TPSA) is 36.4 Å². The summed E-state index contributed by atoms with van der Waals surface area (Å²) in [5.74, 6) is 0.435. The number of nitrogens with zero attached hydrogens (tertiary/aromatic N) is 3. The number of aromatic nitrogens is 1. The predicted octanol–water partition coefficient (Wildman–Crippen LogP) is 5.16. The van der Waals surface area contributed by atoms with Crippen LogP contribution in [0.3, 0.4) is 0 Å². The van der Waals surface area contributed by atoms with E-state index in [2.05, 4.69) is 4.98 Å². The third-order valence-corrected chi connectivity index (χ3v) is 6.04. The molecule has 8 heteroatoms. The predicted molar refractivity (Wildman–Crippen MR) is 109 cm³/mol. The van der Waals surface area contributed by atoms with Gasteiger partial charge < -0.3 is 9.80 Å². The number of amides is 1. The van der Waals surface area contributed by atoms with Crippen LogP contribution >= 0.6 is 11.6 Å². The third kappa shape index (κ3) is 4.72. The van der Waals surface area contributed by atoms with Crippen molar-refractivity contribution in [3.63, 3.8) is 0 Å². The van der Waals surface area contributed by atoms with E-state index in [0.717, 1.165) is 30.7 Å². The van der Waals surface area contributed by atoms with E-state index in [-0.39, 0.29) is 16.8 Å². The first-order chi connectivity index (χ1) is 14.3. The van der Waals surface area contributed by atoms with Crippen molar-refractivity contribution >= 4 is 23.3 Å². The lowest BCUT2D eigenvalue weighted by molar-refractivity contribution is -0.138. The van der Waals surface area contributed by atoms with Gasteiger partial charge in [-0.05, 0) is 37.3 Å². The van der Waals surface area contributed by atoms with Gasteiger partial charge in [0.25, 0.3) is 0 Å². The van der Waals surface area contributed by atoms with Crippen molar-refractivity contribution in [3.05, 3.63) is 58.7 Å². The number of alkyl halides is 3. The van der Waals surface area contributed by atoms with Gasteiger partial charge in [0.1, 0.15) is 5.82 Å². The maximum Gasteiger partial charge on any atom is 0.417 e. The zero-order valence-corrected chi connectivity index (χ0v) is 17.2. The summed E-state index contributed by atoms with van der Waals surface area (Å²) < 4.78 is 38.5. The van der Waals surface area contributed by atoms with Crippen LogP contribution in [-0.2, 0) is 17.5 Å². The molecule has 0 N–H and O–H groups in total. The van der Waals surface area contributed by atoms with Crippen LogP contribution in [0.1, 0.15) is 36.8 Å². The minimum absolute atomic E-state index is 0.0155. The standard InChI is InChI=1S/C22H23ClF3N3O/c23-19-12-17(22(24,25)26)13-27-20(19)28-10-8-16(9-11-28)21(30)29(18-6-7-18)14-15-4-2-1-3-5-15/h1-5,12-13,16,18H,6-11,14H2. The largest absolute Gasteiger partial charge is 0.417 e. The molecule has 2 aromatic rings. The smallest absolute Gasteiger partial charge is 0.355 e. The third-order valence-electron chi connectivity index (χ3n) is 5.76. The summed E-state index contributed by atoms with van der Waals surface area (Å²) in [6.07, 6.45) is -0.302. The van der Waals surface area contributed by atoms with E-state index in [1.54, 1.807) is 0 Å². The van der Waals surface area contributed by atoms with Gasteiger partial charge in [0.05, 0.1) is 10.6 Å². The molecule has 0 radical (unpaired) electrons. The Morgan fingerprint density at radius 1 is 1.13 bits per heavy atom. The van der Waals surface area contributed by atoms with E-state index in [9.17, 15) is 18.0 Å². The number of pyridine rings is 1. The zero-order chi connectivity index (χ0) is 21.3. The molecule has 0 bridgehead atoms. The average Bonchev–Trinajstić information content (AvgIpc) is 3.57. The fourth-order valence-corrected chi connectivity index (χ4v) is 4.23. The molecule has 1 aromatic heterocycles. The molecule has 1 aliphatic heterocycles. The fourth-order valence-electron chi connectivity index (χ4n) is 3.94. The highest BCUT2D eigenvalue weighted by Crippen LogP contribution is 2.36. The Morgan fingerprint density at radius 3 is 2.37 bits per heavy atom. The molecule has 160 valence electrons. The summed E-state index contributed by atoms with van der Waals surface area (Å²) in [6.45, 7) is 1.70. The van der Waals surface area contributed by atoms with Crippen LogP contribution < -0.4 is 4.90 Å². The Kier molecular flexibility index (Phi) is 5.91. The minimum Gasteiger partial charge on any atom is -0.355 e. The molecular formula is C22H23ClF3N3O. The summed E-state index contributed by atoms with van der Waals surface area (Å²) in [6, 6.07) is 11.2. The van der Waals surface area contributed by atoms with Gasteiger partial charge >= 0.3 is 6.18 Å². The number of benzene rings is 1. The number of rotatable bonds is 5. The highest BCUT2D eigenvalue weighted by Gasteiger charge is 2.37. The van der Waals surface area contributed by atoms with Gasteiger partial charge in [-0.2, -0.15) is 13.2 Å². The van der Waals surface area contributed by atoms with Gasteiger partial charge in [0, 0.05) is 37.8 Å². The van der Waals surface area contributed by atoms with E-state index in [1.807, 2.05) is 40.1 Å². The number of carbonyl (C=O) groups is 1. The molecule has 30 heavy (non-hydrogen) atoms. The number of carbonyl (C=O) groups excluding carboxylic acids is 1. The van der Waals surface area contributed by atoms with Crippen molar-refractivity contribution in [3.8, 4) is 0 Å². The highest BCUT2D eigenvalue weighted by molar-refractivity contribution is 6.33. The highest BCUT2D eigenvalue weighted by atomic mass is 35.5. The molecule has 1 aliphatic carbocycles. The van der Waals surface area contributed by atoms with Crippen molar-refractivity contribution in [1.82, 2.24) is 9.88 Å². The molecule has 4 rings (SSSR count). The number of anilines is 1.